The summed E-state index contributed by atoms with van der Waals surface area (Å²) in [6, 6.07) is 13.7. The summed E-state index contributed by atoms with van der Waals surface area (Å²) in [7, 11) is 1.39. The molecule has 2 aliphatic rings. The van der Waals surface area contributed by atoms with Crippen LogP contribution in [0.3, 0.4) is 0 Å². The van der Waals surface area contributed by atoms with Gasteiger partial charge in [-0.15, -0.1) is 0 Å². The number of rotatable bonds is 2. The van der Waals surface area contributed by atoms with Crippen LogP contribution in [0.25, 0.3) is 0 Å². The van der Waals surface area contributed by atoms with Crippen LogP contribution in [-0.2, 0) is 9.47 Å². The molecule has 5 heteroatoms. The Morgan fingerprint density at radius 1 is 1.24 bits per heavy atom. The molecule has 1 N–H and O–H groups in total. The fourth-order valence-electron chi connectivity index (χ4n) is 3.93. The Balaban J connectivity index is 1.72. The van der Waals surface area contributed by atoms with Crippen LogP contribution in [0.4, 0.5) is 5.69 Å². The SMILES string of the molecule is COC(=O)c1ccc(C2Nc3c(Cl)cccc3C3OCCCC23)cc1. The van der Waals surface area contributed by atoms with Gasteiger partial charge in [0.15, 0.2) is 0 Å². The van der Waals surface area contributed by atoms with Crippen molar-refractivity contribution in [3.8, 4) is 0 Å². The molecule has 0 aliphatic carbocycles. The second kappa shape index (κ2) is 6.70. The Labute approximate surface area is 152 Å². The molecular formula is C20H20ClNO3. The van der Waals surface area contributed by atoms with Crippen molar-refractivity contribution < 1.29 is 14.3 Å². The minimum Gasteiger partial charge on any atom is -0.465 e. The maximum absolute atomic E-state index is 11.7. The van der Waals surface area contributed by atoms with Gasteiger partial charge in [-0.05, 0) is 36.6 Å². The minimum absolute atomic E-state index is 0.0500. The summed E-state index contributed by atoms with van der Waals surface area (Å²) in [5.41, 5.74) is 3.77. The lowest BCUT2D eigenvalue weighted by molar-refractivity contribution is -0.0381. The number of halogens is 1. The smallest absolute Gasteiger partial charge is 0.337 e. The monoisotopic (exact) mass is 357 g/mol. The van der Waals surface area contributed by atoms with E-state index >= 15 is 0 Å². The van der Waals surface area contributed by atoms with E-state index in [-0.39, 0.29) is 18.1 Å². The summed E-state index contributed by atoms with van der Waals surface area (Å²) in [6.45, 7) is 0.779. The van der Waals surface area contributed by atoms with Crippen molar-refractivity contribution in [2.75, 3.05) is 19.0 Å². The van der Waals surface area contributed by atoms with Gasteiger partial charge < -0.3 is 14.8 Å². The first kappa shape index (κ1) is 16.4. The first-order valence-electron chi connectivity index (χ1n) is 8.54. The number of nitrogens with one attached hydrogen (secondary N) is 1. The Kier molecular flexibility index (Phi) is 4.40. The van der Waals surface area contributed by atoms with E-state index in [4.69, 9.17) is 21.1 Å². The molecule has 0 saturated carbocycles. The third-order valence-electron chi connectivity index (χ3n) is 5.14. The number of benzene rings is 2. The molecule has 2 aromatic carbocycles. The van der Waals surface area contributed by atoms with Gasteiger partial charge >= 0.3 is 5.97 Å². The number of methoxy groups -OCH3 is 1. The van der Waals surface area contributed by atoms with Gasteiger partial charge in [-0.3, -0.25) is 0 Å². The lowest BCUT2D eigenvalue weighted by Gasteiger charge is -2.43. The van der Waals surface area contributed by atoms with Crippen LogP contribution in [0.2, 0.25) is 5.02 Å². The molecule has 4 nitrogen and oxygen atoms in total. The summed E-state index contributed by atoms with van der Waals surface area (Å²) in [5.74, 6) is 0.0131. The third-order valence-corrected chi connectivity index (χ3v) is 5.45. The maximum Gasteiger partial charge on any atom is 0.337 e. The lowest BCUT2D eigenvalue weighted by Crippen LogP contribution is -2.36. The zero-order valence-corrected chi connectivity index (χ0v) is 14.8. The number of ether oxygens (including phenoxy) is 2. The highest BCUT2D eigenvalue weighted by atomic mass is 35.5. The van der Waals surface area contributed by atoms with Gasteiger partial charge in [0.25, 0.3) is 0 Å². The largest absolute Gasteiger partial charge is 0.465 e. The summed E-state index contributed by atoms with van der Waals surface area (Å²) >= 11 is 6.43. The molecule has 25 heavy (non-hydrogen) atoms. The number of fused-ring (bicyclic) bond motifs is 3. The molecule has 4 rings (SSSR count). The Bertz CT molecular complexity index is 790. The molecule has 3 unspecified atom stereocenters. The molecule has 0 bridgehead atoms. The third kappa shape index (κ3) is 2.90. The number of esters is 1. The van der Waals surface area contributed by atoms with Crippen LogP contribution < -0.4 is 5.32 Å². The normalized spacial score (nSPS) is 24.6. The second-order valence-corrected chi connectivity index (χ2v) is 6.94. The van der Waals surface area contributed by atoms with E-state index in [1.165, 1.54) is 7.11 Å². The lowest BCUT2D eigenvalue weighted by atomic mass is 9.77. The molecular weight excluding hydrogens is 338 g/mol. The molecule has 1 fully saturated rings. The molecule has 0 aromatic heterocycles. The predicted octanol–water partition coefficient (Wildman–Crippen LogP) is 4.76. The highest BCUT2D eigenvalue weighted by Gasteiger charge is 2.40. The summed E-state index contributed by atoms with van der Waals surface area (Å²) < 4.78 is 10.9. The fourth-order valence-corrected chi connectivity index (χ4v) is 4.17. The van der Waals surface area contributed by atoms with Gasteiger partial charge in [-0.25, -0.2) is 4.79 Å². The van der Waals surface area contributed by atoms with Crippen LogP contribution in [0.15, 0.2) is 42.5 Å². The number of hydrogen-bond donors (Lipinski definition) is 1. The molecule has 2 heterocycles. The quantitative estimate of drug-likeness (QED) is 0.787. The average molecular weight is 358 g/mol. The van der Waals surface area contributed by atoms with Crippen molar-refractivity contribution in [1.82, 2.24) is 0 Å². The van der Waals surface area contributed by atoms with Crippen LogP contribution >= 0.6 is 11.6 Å². The summed E-state index contributed by atoms with van der Waals surface area (Å²) in [5, 5.41) is 4.32. The molecule has 2 aliphatic heterocycles. The second-order valence-electron chi connectivity index (χ2n) is 6.54. The van der Waals surface area contributed by atoms with Crippen molar-refractivity contribution >= 4 is 23.3 Å². The highest BCUT2D eigenvalue weighted by Crippen LogP contribution is 2.50. The maximum atomic E-state index is 11.7. The van der Waals surface area contributed by atoms with E-state index in [2.05, 4.69) is 11.4 Å². The zero-order valence-electron chi connectivity index (χ0n) is 14.0. The number of para-hydroxylation sites is 1. The topological polar surface area (TPSA) is 47.6 Å². The van der Waals surface area contributed by atoms with Crippen molar-refractivity contribution in [1.29, 1.82) is 0 Å². The van der Waals surface area contributed by atoms with Crippen molar-refractivity contribution in [2.45, 2.75) is 25.0 Å². The fraction of sp³-hybridized carbons (Fsp3) is 0.350. The molecule has 3 atom stereocenters. The van der Waals surface area contributed by atoms with Gasteiger partial charge in [0, 0.05) is 18.1 Å². The molecule has 0 spiro atoms. The van der Waals surface area contributed by atoms with E-state index in [9.17, 15) is 4.79 Å². The average Bonchev–Trinajstić information content (AvgIpc) is 2.67. The number of carbonyl (C=O) groups excluding carboxylic acids is 1. The number of hydrogen-bond acceptors (Lipinski definition) is 4. The number of carbonyl (C=O) groups is 1. The molecule has 0 amide bonds. The summed E-state index contributed by atoms with van der Waals surface area (Å²) in [4.78, 5) is 11.7. The van der Waals surface area contributed by atoms with E-state index < -0.39 is 0 Å². The standard InChI is InChI=1S/C20H20ClNO3/c1-24-20(23)13-9-7-12(8-10-13)17-14-5-3-11-25-19(14)15-4-2-6-16(21)18(15)22-17/h2,4,6-10,14,17,19,22H,3,5,11H2,1H3. The van der Waals surface area contributed by atoms with Gasteiger partial charge in [0.1, 0.15) is 0 Å². The van der Waals surface area contributed by atoms with E-state index in [1.807, 2.05) is 36.4 Å². The van der Waals surface area contributed by atoms with Crippen molar-refractivity contribution in [2.24, 2.45) is 5.92 Å². The van der Waals surface area contributed by atoms with Gasteiger partial charge in [-0.1, -0.05) is 35.9 Å². The van der Waals surface area contributed by atoms with Crippen LogP contribution in [-0.4, -0.2) is 19.7 Å². The highest BCUT2D eigenvalue weighted by molar-refractivity contribution is 6.33. The van der Waals surface area contributed by atoms with Gasteiger partial charge in [0.2, 0.25) is 0 Å². The first-order chi connectivity index (χ1) is 12.2. The predicted molar refractivity (Wildman–Crippen MR) is 97.0 cm³/mol. The van der Waals surface area contributed by atoms with Crippen LogP contribution in [0, 0.1) is 5.92 Å². The van der Waals surface area contributed by atoms with Crippen LogP contribution in [0.5, 0.6) is 0 Å². The van der Waals surface area contributed by atoms with E-state index in [0.717, 1.165) is 36.3 Å². The Hall–Kier alpha value is -2.04. The zero-order chi connectivity index (χ0) is 17.4. The Morgan fingerprint density at radius 2 is 2.04 bits per heavy atom. The minimum atomic E-state index is -0.324. The van der Waals surface area contributed by atoms with Crippen molar-refractivity contribution in [3.63, 3.8) is 0 Å². The Morgan fingerprint density at radius 3 is 2.80 bits per heavy atom. The van der Waals surface area contributed by atoms with Gasteiger partial charge in [-0.2, -0.15) is 0 Å². The van der Waals surface area contributed by atoms with E-state index in [1.54, 1.807) is 0 Å². The van der Waals surface area contributed by atoms with Crippen molar-refractivity contribution in [3.05, 3.63) is 64.2 Å². The molecule has 2 aromatic rings. The first-order valence-corrected chi connectivity index (χ1v) is 8.91. The summed E-state index contributed by atoms with van der Waals surface area (Å²) in [6.07, 6.45) is 2.19. The van der Waals surface area contributed by atoms with Crippen LogP contribution in [0.1, 0.15) is 46.5 Å². The molecule has 130 valence electrons. The molecule has 1 saturated heterocycles. The van der Waals surface area contributed by atoms with Gasteiger partial charge in [0.05, 0.1) is 35.5 Å². The number of anilines is 1. The van der Waals surface area contributed by atoms with E-state index in [0.29, 0.717) is 16.5 Å². The molecule has 0 radical (unpaired) electrons.